The molecule has 0 amide bonds. The molecule has 25 heavy (non-hydrogen) atoms. The Bertz CT molecular complexity index is 1110. The third-order valence-electron chi connectivity index (χ3n) is 3.53. The van der Waals surface area contributed by atoms with Gasteiger partial charge in [0.05, 0.1) is 16.6 Å². The molecule has 0 bridgehead atoms. The van der Waals surface area contributed by atoms with Gasteiger partial charge in [-0.15, -0.1) is 0 Å². The van der Waals surface area contributed by atoms with Gasteiger partial charge >= 0.3 is 11.9 Å². The average molecular weight is 370 g/mol. The van der Waals surface area contributed by atoms with Crippen LogP contribution in [0.5, 0.6) is 0 Å². The van der Waals surface area contributed by atoms with Gasteiger partial charge in [-0.3, -0.25) is 9.36 Å². The van der Waals surface area contributed by atoms with E-state index in [1.54, 1.807) is 6.07 Å². The van der Waals surface area contributed by atoms with E-state index in [-0.39, 0.29) is 5.69 Å². The Morgan fingerprint density at radius 1 is 1.28 bits per heavy atom. The molecule has 0 aliphatic heterocycles. The summed E-state index contributed by atoms with van der Waals surface area (Å²) in [5, 5.41) is 12.0. The van der Waals surface area contributed by atoms with Crippen LogP contribution in [0.2, 0.25) is 0 Å². The number of alkyl halides is 3. The summed E-state index contributed by atoms with van der Waals surface area (Å²) >= 11 is 1.10. The third kappa shape index (κ3) is 2.82. The Labute approximate surface area is 141 Å². The van der Waals surface area contributed by atoms with Crippen molar-refractivity contribution in [2.75, 3.05) is 0 Å². The smallest absolute Gasteiger partial charge is 0.411 e. The van der Waals surface area contributed by atoms with Crippen molar-refractivity contribution < 1.29 is 18.4 Å². The van der Waals surface area contributed by atoms with E-state index in [2.05, 4.69) is 9.53 Å². The van der Waals surface area contributed by atoms with Gasteiger partial charge in [0.15, 0.2) is 0 Å². The quantitative estimate of drug-likeness (QED) is 0.424. The monoisotopic (exact) mass is 370 g/mol. The lowest BCUT2D eigenvalue weighted by Gasteiger charge is -2.13. The maximum absolute atomic E-state index is 12.9. The molecule has 2 aromatic heterocycles. The topological polar surface area (TPSA) is 89.5 Å². The van der Waals surface area contributed by atoms with Crippen molar-refractivity contribution in [3.05, 3.63) is 56.5 Å². The van der Waals surface area contributed by atoms with Crippen LogP contribution in [-0.2, 0) is 13.2 Å². The Balaban J connectivity index is 2.29. The number of nitrogens with zero attached hydrogens (tertiary/aromatic N) is 4. The van der Waals surface area contributed by atoms with Crippen LogP contribution < -0.4 is 11.2 Å². The van der Waals surface area contributed by atoms with E-state index >= 15 is 0 Å². The van der Waals surface area contributed by atoms with Crippen molar-refractivity contribution in [3.8, 4) is 5.69 Å². The van der Waals surface area contributed by atoms with E-state index in [0.29, 0.717) is 31.0 Å². The molecule has 7 nitrogen and oxygen atoms in total. The highest BCUT2D eigenvalue weighted by Crippen LogP contribution is 2.27. The zero-order valence-electron chi connectivity index (χ0n) is 12.5. The summed E-state index contributed by atoms with van der Waals surface area (Å²) < 4.78 is 44.4. The zero-order chi connectivity index (χ0) is 18.4. The van der Waals surface area contributed by atoms with Gasteiger partial charge in [-0.25, -0.2) is 9.36 Å². The minimum absolute atomic E-state index is 0.0830. The van der Waals surface area contributed by atoms with Crippen molar-refractivity contribution in [1.82, 2.24) is 13.5 Å². The number of fused-ring (bicyclic) bond motifs is 1. The fourth-order valence-corrected chi connectivity index (χ4v) is 3.10. The summed E-state index contributed by atoms with van der Waals surface area (Å²) in [6.45, 7) is 0. The normalized spacial score (nSPS) is 12.3. The highest BCUT2D eigenvalue weighted by atomic mass is 32.1. The first-order valence-corrected chi connectivity index (χ1v) is 7.49. The van der Waals surface area contributed by atoms with Crippen LogP contribution in [0.15, 0.2) is 39.0 Å². The average Bonchev–Trinajstić information content (AvgIpc) is 2.93. The van der Waals surface area contributed by atoms with Gasteiger partial charge in [-0.2, -0.15) is 17.5 Å². The molecule has 0 saturated carbocycles. The Morgan fingerprint density at radius 3 is 2.64 bits per heavy atom. The molecule has 0 spiro atoms. The highest BCUT2D eigenvalue weighted by Gasteiger charge is 2.35. The first kappa shape index (κ1) is 16.9. The number of halogens is 3. The minimum atomic E-state index is -4.82. The Kier molecular flexibility index (Phi) is 3.95. The summed E-state index contributed by atoms with van der Waals surface area (Å²) in [6.07, 6.45) is -3.74. The molecule has 1 N–H and O–H groups in total. The lowest BCUT2D eigenvalue weighted by atomic mass is 10.2. The van der Waals surface area contributed by atoms with Crippen LogP contribution in [0.3, 0.4) is 0 Å². The first-order chi connectivity index (χ1) is 11.7. The molecule has 0 aliphatic rings. The summed E-state index contributed by atoms with van der Waals surface area (Å²) in [5.41, 5.74) is -3.17. The molecule has 3 aromatic rings. The van der Waals surface area contributed by atoms with Crippen molar-refractivity contribution >= 4 is 27.8 Å². The van der Waals surface area contributed by atoms with E-state index < -0.39 is 23.1 Å². The molecule has 3 rings (SSSR count). The molecule has 0 aliphatic carbocycles. The van der Waals surface area contributed by atoms with E-state index in [9.17, 15) is 22.8 Å². The lowest BCUT2D eigenvalue weighted by Crippen LogP contribution is -2.40. The molecule has 0 atom stereocenters. The van der Waals surface area contributed by atoms with Crippen molar-refractivity contribution in [2.24, 2.45) is 12.2 Å². The molecule has 11 heteroatoms. The predicted octanol–water partition coefficient (Wildman–Crippen LogP) is 1.97. The van der Waals surface area contributed by atoms with Crippen LogP contribution in [0.4, 0.5) is 13.2 Å². The van der Waals surface area contributed by atoms with Gasteiger partial charge in [0.25, 0.3) is 5.56 Å². The lowest BCUT2D eigenvalue weighted by molar-refractivity contribution is -0.144. The van der Waals surface area contributed by atoms with Crippen molar-refractivity contribution in [1.29, 1.82) is 0 Å². The largest absolute Gasteiger partial charge is 0.431 e. The zero-order valence-corrected chi connectivity index (χ0v) is 13.3. The van der Waals surface area contributed by atoms with Gasteiger partial charge in [0.2, 0.25) is 0 Å². The number of hydrogen-bond acceptors (Lipinski definition) is 6. The van der Waals surface area contributed by atoms with E-state index in [4.69, 9.17) is 5.21 Å². The number of benzene rings is 1. The Hall–Kier alpha value is -2.95. The summed E-state index contributed by atoms with van der Waals surface area (Å²) in [5.74, 6) is 0. The van der Waals surface area contributed by atoms with Gasteiger partial charge in [0.1, 0.15) is 11.4 Å². The van der Waals surface area contributed by atoms with Gasteiger partial charge < -0.3 is 5.21 Å². The molecule has 0 fully saturated rings. The number of hydrogen-bond donors (Lipinski definition) is 1. The van der Waals surface area contributed by atoms with E-state index in [1.165, 1.54) is 12.1 Å². The fourth-order valence-electron chi connectivity index (χ4n) is 2.37. The number of rotatable bonds is 2. The molecule has 0 unspecified atom stereocenters. The molecular weight excluding hydrogens is 361 g/mol. The summed E-state index contributed by atoms with van der Waals surface area (Å²) in [4.78, 5) is 24.4. The molecule has 0 saturated heterocycles. The van der Waals surface area contributed by atoms with Crippen LogP contribution in [0.25, 0.3) is 15.8 Å². The van der Waals surface area contributed by atoms with Crippen molar-refractivity contribution in [3.63, 3.8) is 0 Å². The second-order valence-electron chi connectivity index (χ2n) is 5.04. The SMILES string of the molecule is Cn1c(C(F)(F)F)cc(=O)n(-c2ccc3snc(C=NO)c3c2)c1=O. The molecule has 0 radical (unpaired) electrons. The molecular formula is C14H9F3N4O3S. The molecule has 2 heterocycles. The molecule has 130 valence electrons. The minimum Gasteiger partial charge on any atom is -0.411 e. The van der Waals surface area contributed by atoms with Crippen LogP contribution in [-0.4, -0.2) is 24.9 Å². The van der Waals surface area contributed by atoms with E-state index in [1.807, 2.05) is 0 Å². The van der Waals surface area contributed by atoms with Crippen LogP contribution >= 0.6 is 11.5 Å². The van der Waals surface area contributed by atoms with Gasteiger partial charge in [-0.05, 0) is 29.7 Å². The van der Waals surface area contributed by atoms with Gasteiger partial charge in [-0.1, -0.05) is 5.16 Å². The number of oxime groups is 1. The second-order valence-corrected chi connectivity index (χ2v) is 5.84. The fraction of sp³-hybridized carbons (Fsp3) is 0.143. The van der Waals surface area contributed by atoms with Crippen LogP contribution in [0.1, 0.15) is 11.4 Å². The van der Waals surface area contributed by atoms with E-state index in [0.717, 1.165) is 24.8 Å². The standard InChI is InChI=1S/C14H9F3N4O3S/c1-20-11(14(15,16)17)5-12(22)21(13(20)23)7-2-3-10-8(4-7)9(6-18-24)19-25-10/h2-6,24H,1H3. The third-order valence-corrected chi connectivity index (χ3v) is 4.37. The predicted molar refractivity (Wildman–Crippen MR) is 84.8 cm³/mol. The maximum Gasteiger partial charge on any atom is 0.431 e. The second kappa shape index (κ2) is 5.84. The first-order valence-electron chi connectivity index (χ1n) is 6.71. The summed E-state index contributed by atoms with van der Waals surface area (Å²) in [6, 6.07) is 4.79. The van der Waals surface area contributed by atoms with Crippen molar-refractivity contribution in [2.45, 2.75) is 6.18 Å². The summed E-state index contributed by atoms with van der Waals surface area (Å²) in [7, 11) is 0.940. The maximum atomic E-state index is 12.9. The Morgan fingerprint density at radius 2 is 2.00 bits per heavy atom. The highest BCUT2D eigenvalue weighted by molar-refractivity contribution is 7.13. The molecule has 1 aromatic carbocycles. The number of aromatic nitrogens is 3. The van der Waals surface area contributed by atoms with Gasteiger partial charge in [0, 0.05) is 18.5 Å². The van der Waals surface area contributed by atoms with Crippen LogP contribution in [0, 0.1) is 0 Å².